The number of rotatable bonds is 8. The number of ether oxygens (including phenoxy) is 1. The molecule has 4 heteroatoms. The number of carboxylic acid groups (broad SMARTS) is 1. The van der Waals surface area contributed by atoms with Crippen LogP contribution >= 0.6 is 0 Å². The molecule has 4 nitrogen and oxygen atoms in total. The van der Waals surface area contributed by atoms with Crippen molar-refractivity contribution >= 4 is 5.97 Å². The minimum atomic E-state index is -0.693. The summed E-state index contributed by atoms with van der Waals surface area (Å²) >= 11 is 0. The molecule has 0 aromatic rings. The normalized spacial score (nSPS) is 18.5. The fraction of sp³-hybridized carbons (Fsp3) is 0.909. The van der Waals surface area contributed by atoms with Gasteiger partial charge < -0.3 is 15.2 Å². The van der Waals surface area contributed by atoms with E-state index in [0.717, 1.165) is 45.6 Å². The van der Waals surface area contributed by atoms with Crippen LogP contribution in [0.5, 0.6) is 0 Å². The molecule has 1 aliphatic rings. The molecule has 1 fully saturated rings. The number of unbranched alkanes of at least 4 members (excludes halogenated alkanes) is 2. The van der Waals surface area contributed by atoms with Crippen LogP contribution < -0.4 is 5.32 Å². The van der Waals surface area contributed by atoms with Crippen molar-refractivity contribution < 1.29 is 14.6 Å². The van der Waals surface area contributed by atoms with Crippen molar-refractivity contribution in [3.05, 3.63) is 0 Å². The molecule has 0 atom stereocenters. The lowest BCUT2D eigenvalue weighted by Gasteiger charge is -2.38. The second-order valence-corrected chi connectivity index (χ2v) is 4.68. The second-order valence-electron chi connectivity index (χ2n) is 4.68. The van der Waals surface area contributed by atoms with Crippen molar-refractivity contribution in [3.8, 4) is 0 Å². The SMILES string of the molecule is CC1(CNCCCCCC(=O)O)COC1. The van der Waals surface area contributed by atoms with E-state index < -0.39 is 5.97 Å². The fourth-order valence-corrected chi connectivity index (χ4v) is 1.65. The van der Waals surface area contributed by atoms with Gasteiger partial charge in [0.25, 0.3) is 0 Å². The van der Waals surface area contributed by atoms with E-state index in [1.165, 1.54) is 0 Å². The zero-order chi connectivity index (χ0) is 11.1. The molecule has 0 saturated carbocycles. The van der Waals surface area contributed by atoms with E-state index in [1.807, 2.05) is 0 Å². The maximum absolute atomic E-state index is 10.2. The maximum Gasteiger partial charge on any atom is 0.303 e. The van der Waals surface area contributed by atoms with Crippen LogP contribution in [0.2, 0.25) is 0 Å². The van der Waals surface area contributed by atoms with E-state index in [4.69, 9.17) is 9.84 Å². The van der Waals surface area contributed by atoms with Gasteiger partial charge in [-0.05, 0) is 19.4 Å². The summed E-state index contributed by atoms with van der Waals surface area (Å²) in [7, 11) is 0. The molecular weight excluding hydrogens is 194 g/mol. The summed E-state index contributed by atoms with van der Waals surface area (Å²) in [6.45, 7) is 5.92. The Kier molecular flexibility index (Phi) is 5.05. The van der Waals surface area contributed by atoms with Gasteiger partial charge in [0.2, 0.25) is 0 Å². The zero-order valence-corrected chi connectivity index (χ0v) is 9.42. The third-order valence-electron chi connectivity index (χ3n) is 2.70. The smallest absolute Gasteiger partial charge is 0.303 e. The van der Waals surface area contributed by atoms with Crippen molar-refractivity contribution in [1.82, 2.24) is 5.32 Å². The molecular formula is C11H21NO3. The highest BCUT2D eigenvalue weighted by Gasteiger charge is 2.32. The third-order valence-corrected chi connectivity index (χ3v) is 2.70. The van der Waals surface area contributed by atoms with Gasteiger partial charge in [-0.25, -0.2) is 0 Å². The molecule has 88 valence electrons. The molecule has 0 aromatic heterocycles. The lowest BCUT2D eigenvalue weighted by Crippen LogP contribution is -2.47. The van der Waals surface area contributed by atoms with Crippen LogP contribution in [0.4, 0.5) is 0 Å². The van der Waals surface area contributed by atoms with Crippen molar-refractivity contribution in [3.63, 3.8) is 0 Å². The van der Waals surface area contributed by atoms with Crippen molar-refractivity contribution in [2.45, 2.75) is 32.6 Å². The van der Waals surface area contributed by atoms with Crippen LogP contribution in [-0.2, 0) is 9.53 Å². The molecule has 1 rings (SSSR count). The summed E-state index contributed by atoms with van der Waals surface area (Å²) in [5.74, 6) is -0.693. The summed E-state index contributed by atoms with van der Waals surface area (Å²) in [4.78, 5) is 10.2. The highest BCUT2D eigenvalue weighted by molar-refractivity contribution is 5.66. The number of hydrogen-bond acceptors (Lipinski definition) is 3. The quantitative estimate of drug-likeness (QED) is 0.598. The van der Waals surface area contributed by atoms with Gasteiger partial charge in [0.1, 0.15) is 0 Å². The van der Waals surface area contributed by atoms with Gasteiger partial charge >= 0.3 is 5.97 Å². The summed E-state index contributed by atoms with van der Waals surface area (Å²) in [6.07, 6.45) is 3.14. The van der Waals surface area contributed by atoms with E-state index in [2.05, 4.69) is 12.2 Å². The highest BCUT2D eigenvalue weighted by Crippen LogP contribution is 2.24. The van der Waals surface area contributed by atoms with Crippen molar-refractivity contribution in [2.24, 2.45) is 5.41 Å². The standard InChI is InChI=1S/C11H21NO3/c1-11(8-15-9-11)7-12-6-4-2-3-5-10(13)14/h12H,2-9H2,1H3,(H,13,14). The molecule has 0 radical (unpaired) electrons. The first kappa shape index (κ1) is 12.5. The molecule has 1 saturated heterocycles. The first-order valence-corrected chi connectivity index (χ1v) is 5.63. The largest absolute Gasteiger partial charge is 0.481 e. The summed E-state index contributed by atoms with van der Waals surface area (Å²) in [5, 5.41) is 11.8. The molecule has 0 amide bonds. The van der Waals surface area contributed by atoms with Gasteiger partial charge in [-0.15, -0.1) is 0 Å². The molecule has 15 heavy (non-hydrogen) atoms. The Morgan fingerprint density at radius 2 is 2.13 bits per heavy atom. The molecule has 0 unspecified atom stereocenters. The van der Waals surface area contributed by atoms with E-state index in [1.54, 1.807) is 0 Å². The maximum atomic E-state index is 10.2. The molecule has 1 aliphatic heterocycles. The number of hydrogen-bond donors (Lipinski definition) is 2. The summed E-state index contributed by atoms with van der Waals surface area (Å²) in [6, 6.07) is 0. The van der Waals surface area contributed by atoms with Gasteiger partial charge in [-0.1, -0.05) is 13.3 Å². The number of carboxylic acids is 1. The van der Waals surface area contributed by atoms with Crippen LogP contribution in [0, 0.1) is 5.41 Å². The van der Waals surface area contributed by atoms with Crippen LogP contribution in [-0.4, -0.2) is 37.4 Å². The Hall–Kier alpha value is -0.610. The molecule has 1 heterocycles. The third kappa shape index (κ3) is 5.14. The highest BCUT2D eigenvalue weighted by atomic mass is 16.5. The monoisotopic (exact) mass is 215 g/mol. The number of nitrogens with one attached hydrogen (secondary N) is 1. The van der Waals surface area contributed by atoms with E-state index >= 15 is 0 Å². The van der Waals surface area contributed by atoms with Crippen LogP contribution in [0.3, 0.4) is 0 Å². The Balaban J connectivity index is 1.83. The Labute approximate surface area is 91.0 Å². The summed E-state index contributed by atoms with van der Waals surface area (Å²) in [5.41, 5.74) is 0.334. The molecule has 0 spiro atoms. The van der Waals surface area contributed by atoms with Gasteiger partial charge in [-0.2, -0.15) is 0 Å². The topological polar surface area (TPSA) is 58.6 Å². The van der Waals surface area contributed by atoms with Crippen LogP contribution in [0.25, 0.3) is 0 Å². The lowest BCUT2D eigenvalue weighted by atomic mass is 9.89. The average molecular weight is 215 g/mol. The van der Waals surface area contributed by atoms with E-state index in [-0.39, 0.29) is 0 Å². The fourth-order valence-electron chi connectivity index (χ4n) is 1.65. The number of carbonyl (C=O) groups is 1. The van der Waals surface area contributed by atoms with E-state index in [9.17, 15) is 4.79 Å². The molecule has 0 aliphatic carbocycles. The average Bonchev–Trinajstić information content (AvgIpc) is 2.13. The minimum Gasteiger partial charge on any atom is -0.481 e. The zero-order valence-electron chi connectivity index (χ0n) is 9.42. The Morgan fingerprint density at radius 3 is 2.67 bits per heavy atom. The molecule has 0 aromatic carbocycles. The van der Waals surface area contributed by atoms with Gasteiger partial charge in [0, 0.05) is 18.4 Å². The predicted molar refractivity (Wildman–Crippen MR) is 57.9 cm³/mol. The lowest BCUT2D eigenvalue weighted by molar-refractivity contribution is -0.137. The Bertz CT molecular complexity index is 202. The van der Waals surface area contributed by atoms with Crippen LogP contribution in [0.1, 0.15) is 32.6 Å². The summed E-state index contributed by atoms with van der Waals surface area (Å²) < 4.78 is 5.15. The number of aliphatic carboxylic acids is 1. The second kappa shape index (κ2) is 6.08. The van der Waals surface area contributed by atoms with Crippen molar-refractivity contribution in [1.29, 1.82) is 0 Å². The van der Waals surface area contributed by atoms with Gasteiger partial charge in [-0.3, -0.25) is 4.79 Å². The molecule has 0 bridgehead atoms. The van der Waals surface area contributed by atoms with Gasteiger partial charge in [0.15, 0.2) is 0 Å². The molecule has 2 N–H and O–H groups in total. The Morgan fingerprint density at radius 1 is 1.40 bits per heavy atom. The minimum absolute atomic E-state index is 0.297. The predicted octanol–water partition coefficient (Wildman–Crippen LogP) is 1.26. The van der Waals surface area contributed by atoms with Crippen molar-refractivity contribution in [2.75, 3.05) is 26.3 Å². The first-order valence-electron chi connectivity index (χ1n) is 5.63. The first-order chi connectivity index (χ1) is 7.12. The van der Waals surface area contributed by atoms with E-state index in [0.29, 0.717) is 11.8 Å². The van der Waals surface area contributed by atoms with Crippen LogP contribution in [0.15, 0.2) is 0 Å². The van der Waals surface area contributed by atoms with Gasteiger partial charge in [0.05, 0.1) is 13.2 Å².